The number of methoxy groups -OCH3 is 1. The maximum absolute atomic E-state index is 13.2. The van der Waals surface area contributed by atoms with Crippen LogP contribution in [-0.4, -0.2) is 24.0 Å². The van der Waals surface area contributed by atoms with E-state index in [-0.39, 0.29) is 39.6 Å². The number of hydrogen-bond donors (Lipinski definition) is 3. The van der Waals surface area contributed by atoms with Gasteiger partial charge in [-0.15, -0.1) is 10.2 Å². The highest BCUT2D eigenvalue weighted by atomic mass is 19.4. The molecule has 14 heteroatoms. The van der Waals surface area contributed by atoms with E-state index in [2.05, 4.69) is 20.9 Å². The number of halogens is 6. The molecule has 47 heavy (non-hydrogen) atoms. The van der Waals surface area contributed by atoms with Gasteiger partial charge in [-0.05, 0) is 66.0 Å². The van der Waals surface area contributed by atoms with Crippen LogP contribution in [-0.2, 0) is 12.4 Å². The second-order valence-corrected chi connectivity index (χ2v) is 9.99. The zero-order chi connectivity index (χ0) is 33.9. The Balaban J connectivity index is 1.48. The molecule has 0 aliphatic rings. The van der Waals surface area contributed by atoms with Crippen LogP contribution in [0.3, 0.4) is 0 Å². The quantitative estimate of drug-likeness (QED) is 0.120. The summed E-state index contributed by atoms with van der Waals surface area (Å²) in [5.74, 6) is -2.17. The van der Waals surface area contributed by atoms with E-state index in [0.717, 1.165) is 36.4 Å². The highest BCUT2D eigenvalue weighted by molar-refractivity contribution is 6.11. The minimum absolute atomic E-state index is 0.00788. The van der Waals surface area contributed by atoms with E-state index in [1.807, 2.05) is 0 Å². The molecule has 0 unspecified atom stereocenters. The van der Waals surface area contributed by atoms with Crippen LogP contribution in [0, 0.1) is 0 Å². The molecule has 5 rings (SSSR count). The third-order valence-corrected chi connectivity index (χ3v) is 6.83. The lowest BCUT2D eigenvalue weighted by Crippen LogP contribution is -2.13. The topological polar surface area (TPSA) is 112 Å². The average molecular weight is 653 g/mol. The number of fused-ring (bicyclic) bond motifs is 1. The summed E-state index contributed by atoms with van der Waals surface area (Å²) in [6.07, 6.45) is -9.25. The molecule has 2 amide bonds. The third-order valence-electron chi connectivity index (χ3n) is 6.83. The Morgan fingerprint density at radius 1 is 0.702 bits per heavy atom. The number of phenols is 1. The SMILES string of the molecule is COc1ccc(C(=O)Nc2cccc(C(F)(F)F)c2)cc1N=Nc1c(O)c(C(=O)Nc2cccc(C(F)(F)F)c2)cc2ccccc12. The van der Waals surface area contributed by atoms with Crippen LogP contribution in [0.5, 0.6) is 11.5 Å². The Kier molecular flexibility index (Phi) is 8.86. The molecular weight excluding hydrogens is 630 g/mol. The molecule has 5 aromatic carbocycles. The fourth-order valence-electron chi connectivity index (χ4n) is 4.55. The number of nitrogens with zero attached hydrogens (tertiary/aromatic N) is 2. The van der Waals surface area contributed by atoms with E-state index in [4.69, 9.17) is 4.74 Å². The second-order valence-electron chi connectivity index (χ2n) is 9.99. The van der Waals surface area contributed by atoms with Crippen LogP contribution in [0.15, 0.2) is 107 Å². The van der Waals surface area contributed by atoms with E-state index < -0.39 is 41.0 Å². The van der Waals surface area contributed by atoms with Gasteiger partial charge in [-0.1, -0.05) is 36.4 Å². The molecule has 0 aromatic heterocycles. The summed E-state index contributed by atoms with van der Waals surface area (Å²) in [7, 11) is 1.32. The van der Waals surface area contributed by atoms with Crippen LogP contribution in [0.25, 0.3) is 10.8 Å². The molecule has 5 aromatic rings. The minimum atomic E-state index is -4.64. The van der Waals surface area contributed by atoms with Crippen molar-refractivity contribution in [3.05, 3.63) is 119 Å². The minimum Gasteiger partial charge on any atom is -0.505 e. The Bertz CT molecular complexity index is 2030. The number of amides is 2. The average Bonchev–Trinajstić information content (AvgIpc) is 3.03. The summed E-state index contributed by atoms with van der Waals surface area (Å²) in [6.45, 7) is 0. The number of carbonyl (C=O) groups excluding carboxylic acids is 2. The molecule has 0 fully saturated rings. The van der Waals surface area contributed by atoms with Crippen molar-refractivity contribution in [1.29, 1.82) is 0 Å². The van der Waals surface area contributed by atoms with Gasteiger partial charge in [-0.2, -0.15) is 26.3 Å². The molecule has 0 atom stereocenters. The van der Waals surface area contributed by atoms with Gasteiger partial charge in [0.25, 0.3) is 11.8 Å². The number of benzene rings is 5. The van der Waals surface area contributed by atoms with Crippen LogP contribution in [0.1, 0.15) is 31.8 Å². The maximum Gasteiger partial charge on any atom is 0.416 e. The molecule has 0 heterocycles. The van der Waals surface area contributed by atoms with Crippen LogP contribution < -0.4 is 15.4 Å². The van der Waals surface area contributed by atoms with Crippen molar-refractivity contribution in [3.8, 4) is 11.5 Å². The van der Waals surface area contributed by atoms with Gasteiger partial charge in [0.2, 0.25) is 0 Å². The number of nitrogens with one attached hydrogen (secondary N) is 2. The summed E-state index contributed by atoms with van der Waals surface area (Å²) in [5, 5.41) is 25.0. The molecule has 8 nitrogen and oxygen atoms in total. The van der Waals surface area contributed by atoms with Crippen LogP contribution in [0.4, 0.5) is 49.1 Å². The number of alkyl halides is 6. The lowest BCUT2D eigenvalue weighted by molar-refractivity contribution is -0.138. The highest BCUT2D eigenvalue weighted by Crippen LogP contribution is 2.41. The Hall–Kier alpha value is -5.92. The van der Waals surface area contributed by atoms with Crippen molar-refractivity contribution in [2.45, 2.75) is 12.4 Å². The van der Waals surface area contributed by atoms with Gasteiger partial charge in [0.15, 0.2) is 5.75 Å². The first-order chi connectivity index (χ1) is 22.2. The predicted octanol–water partition coefficient (Wildman–Crippen LogP) is 9.51. The first-order valence-corrected chi connectivity index (χ1v) is 13.6. The summed E-state index contributed by atoms with van der Waals surface area (Å²) >= 11 is 0. The van der Waals surface area contributed by atoms with E-state index in [0.29, 0.717) is 10.8 Å². The number of azo groups is 1. The van der Waals surface area contributed by atoms with Gasteiger partial charge >= 0.3 is 12.4 Å². The van der Waals surface area contributed by atoms with Gasteiger partial charge in [0.1, 0.15) is 17.1 Å². The third kappa shape index (κ3) is 7.32. The fourth-order valence-corrected chi connectivity index (χ4v) is 4.55. The van der Waals surface area contributed by atoms with E-state index >= 15 is 0 Å². The number of ether oxygens (including phenoxy) is 1. The molecule has 0 saturated carbocycles. The Morgan fingerprint density at radius 2 is 1.30 bits per heavy atom. The van der Waals surface area contributed by atoms with Crippen molar-refractivity contribution >= 4 is 45.3 Å². The summed E-state index contributed by atoms with van der Waals surface area (Å²) in [5.41, 5.74) is -2.68. The first kappa shape index (κ1) is 32.5. The number of hydrogen-bond acceptors (Lipinski definition) is 6. The smallest absolute Gasteiger partial charge is 0.416 e. The Morgan fingerprint density at radius 3 is 1.89 bits per heavy atom. The van der Waals surface area contributed by atoms with Gasteiger partial charge in [0, 0.05) is 22.3 Å². The van der Waals surface area contributed by atoms with Gasteiger partial charge in [-0.25, -0.2) is 0 Å². The zero-order valence-corrected chi connectivity index (χ0v) is 24.1. The van der Waals surface area contributed by atoms with Crippen molar-refractivity contribution in [2.24, 2.45) is 10.2 Å². The second kappa shape index (κ2) is 12.8. The number of rotatable bonds is 7. The number of anilines is 2. The normalized spacial score (nSPS) is 11.9. The molecule has 0 spiro atoms. The van der Waals surface area contributed by atoms with Crippen molar-refractivity contribution in [2.75, 3.05) is 17.7 Å². The predicted molar refractivity (Wildman–Crippen MR) is 162 cm³/mol. The van der Waals surface area contributed by atoms with Crippen molar-refractivity contribution < 1.29 is 45.8 Å². The standard InChI is InChI=1S/C33H22F6N4O4/c1-47-27-13-12-19(30(45)40-22-9-4-7-20(16-22)32(34,35)36)15-26(27)42-43-28-24-11-3-2-6-18(24)14-25(29(28)44)31(46)41-23-10-5-8-21(17-23)33(37,38)39/h2-17,44H,1H3,(H,40,45)(H,41,46). The van der Waals surface area contributed by atoms with Crippen LogP contribution >= 0.6 is 0 Å². The monoisotopic (exact) mass is 652 g/mol. The molecule has 0 saturated heterocycles. The zero-order valence-electron chi connectivity index (χ0n) is 24.1. The van der Waals surface area contributed by atoms with Crippen LogP contribution in [0.2, 0.25) is 0 Å². The Labute approximate surface area is 262 Å². The molecule has 240 valence electrons. The van der Waals surface area contributed by atoms with E-state index in [1.54, 1.807) is 24.3 Å². The van der Waals surface area contributed by atoms with Crippen molar-refractivity contribution in [3.63, 3.8) is 0 Å². The fraction of sp³-hybridized carbons (Fsp3) is 0.0909. The van der Waals surface area contributed by atoms with E-state index in [1.165, 1.54) is 43.5 Å². The summed E-state index contributed by atoms with van der Waals surface area (Å²) in [6, 6.07) is 19.9. The lowest BCUT2D eigenvalue weighted by atomic mass is 10.0. The van der Waals surface area contributed by atoms with Gasteiger partial charge in [0.05, 0.1) is 23.8 Å². The largest absolute Gasteiger partial charge is 0.505 e. The first-order valence-electron chi connectivity index (χ1n) is 13.6. The van der Waals surface area contributed by atoms with E-state index in [9.17, 15) is 41.0 Å². The molecule has 0 radical (unpaired) electrons. The summed E-state index contributed by atoms with van der Waals surface area (Å²) in [4.78, 5) is 26.1. The lowest BCUT2D eigenvalue weighted by Gasteiger charge is -2.13. The summed E-state index contributed by atoms with van der Waals surface area (Å²) < 4.78 is 84.2. The molecule has 0 aliphatic carbocycles. The molecular formula is C33H22F6N4O4. The van der Waals surface area contributed by atoms with Crippen molar-refractivity contribution in [1.82, 2.24) is 0 Å². The highest BCUT2D eigenvalue weighted by Gasteiger charge is 2.31. The number of aromatic hydroxyl groups is 1. The molecule has 3 N–H and O–H groups in total. The molecule has 0 aliphatic heterocycles. The number of carbonyl (C=O) groups is 2. The molecule has 0 bridgehead atoms. The van der Waals surface area contributed by atoms with Gasteiger partial charge in [-0.3, -0.25) is 9.59 Å². The van der Waals surface area contributed by atoms with Gasteiger partial charge < -0.3 is 20.5 Å². The maximum atomic E-state index is 13.2. The number of phenolic OH excluding ortho intramolecular Hbond substituents is 1.